The standard InChI is InChI=1S/C21H17N5O4/c1-13-9-16(14(2)25(13)17-5-7-22-8-6-17)12-23-24-21(27)20-11-15-10-18(26(28)29)3-4-19(15)30-20/h3-12H,1-2H3,(H,24,27)/b23-12-. The number of benzene rings is 1. The Kier molecular flexibility index (Phi) is 4.85. The molecule has 0 aliphatic carbocycles. The van der Waals surface area contributed by atoms with Gasteiger partial charge in [0.1, 0.15) is 5.58 Å². The maximum absolute atomic E-state index is 12.3. The van der Waals surface area contributed by atoms with Crippen LogP contribution in [-0.2, 0) is 0 Å². The largest absolute Gasteiger partial charge is 0.451 e. The highest BCUT2D eigenvalue weighted by Gasteiger charge is 2.15. The van der Waals surface area contributed by atoms with E-state index in [-0.39, 0.29) is 11.4 Å². The molecule has 0 saturated heterocycles. The molecule has 3 heterocycles. The molecular weight excluding hydrogens is 386 g/mol. The van der Waals surface area contributed by atoms with Crippen LogP contribution in [0.4, 0.5) is 5.69 Å². The molecule has 3 aromatic heterocycles. The van der Waals surface area contributed by atoms with Crippen LogP contribution in [0.15, 0.2) is 64.4 Å². The molecule has 0 aliphatic rings. The SMILES string of the molecule is Cc1cc(/C=N\NC(=O)c2cc3cc([N+](=O)[O-])ccc3o2)c(C)n1-c1ccncc1. The molecule has 4 rings (SSSR count). The molecule has 0 bridgehead atoms. The van der Waals surface area contributed by atoms with Crippen molar-refractivity contribution >= 4 is 28.8 Å². The highest BCUT2D eigenvalue weighted by Crippen LogP contribution is 2.24. The number of hydrogen-bond acceptors (Lipinski definition) is 6. The van der Waals surface area contributed by atoms with Gasteiger partial charge < -0.3 is 8.98 Å². The molecule has 1 aromatic carbocycles. The Morgan fingerprint density at radius 2 is 1.97 bits per heavy atom. The number of carbonyl (C=O) groups is 1. The Balaban J connectivity index is 1.52. The van der Waals surface area contributed by atoms with Gasteiger partial charge in [0.2, 0.25) is 0 Å². The van der Waals surface area contributed by atoms with Crippen LogP contribution < -0.4 is 5.43 Å². The summed E-state index contributed by atoms with van der Waals surface area (Å²) in [5.41, 5.74) is 6.56. The lowest BCUT2D eigenvalue weighted by Gasteiger charge is -2.08. The zero-order valence-corrected chi connectivity index (χ0v) is 16.2. The molecular formula is C21H17N5O4. The van der Waals surface area contributed by atoms with Crippen LogP contribution in [0.25, 0.3) is 16.7 Å². The summed E-state index contributed by atoms with van der Waals surface area (Å²) in [6, 6.07) is 11.4. The van der Waals surface area contributed by atoms with Crippen molar-refractivity contribution in [2.75, 3.05) is 0 Å². The van der Waals surface area contributed by atoms with Crippen LogP contribution in [0, 0.1) is 24.0 Å². The summed E-state index contributed by atoms with van der Waals surface area (Å²) in [6.45, 7) is 3.94. The topological polar surface area (TPSA) is 116 Å². The number of pyridine rings is 1. The van der Waals surface area contributed by atoms with E-state index in [0.29, 0.717) is 11.0 Å². The lowest BCUT2D eigenvalue weighted by atomic mass is 10.2. The van der Waals surface area contributed by atoms with Gasteiger partial charge in [-0.3, -0.25) is 19.9 Å². The third kappa shape index (κ3) is 3.55. The monoisotopic (exact) mass is 403 g/mol. The molecule has 0 radical (unpaired) electrons. The first-order valence-electron chi connectivity index (χ1n) is 9.05. The normalized spacial score (nSPS) is 11.3. The van der Waals surface area contributed by atoms with Gasteiger partial charge in [-0.05, 0) is 44.2 Å². The molecule has 4 aromatic rings. The number of aromatic nitrogens is 2. The Bertz CT molecular complexity index is 1290. The molecule has 0 fully saturated rings. The quantitative estimate of drug-likeness (QED) is 0.308. The predicted molar refractivity (Wildman–Crippen MR) is 111 cm³/mol. The zero-order valence-electron chi connectivity index (χ0n) is 16.2. The van der Waals surface area contributed by atoms with Gasteiger partial charge in [-0.2, -0.15) is 5.10 Å². The fraction of sp³-hybridized carbons (Fsp3) is 0.0952. The van der Waals surface area contributed by atoms with E-state index in [1.807, 2.05) is 32.0 Å². The molecule has 0 saturated carbocycles. The number of nitro groups is 1. The van der Waals surface area contributed by atoms with E-state index in [1.165, 1.54) is 24.3 Å². The highest BCUT2D eigenvalue weighted by molar-refractivity contribution is 5.97. The highest BCUT2D eigenvalue weighted by atomic mass is 16.6. The summed E-state index contributed by atoms with van der Waals surface area (Å²) in [5, 5.41) is 15.4. The second-order valence-corrected chi connectivity index (χ2v) is 6.66. The number of amides is 1. The summed E-state index contributed by atoms with van der Waals surface area (Å²) < 4.78 is 7.52. The number of nitrogens with zero attached hydrogens (tertiary/aromatic N) is 4. The number of furan rings is 1. The molecule has 30 heavy (non-hydrogen) atoms. The Morgan fingerprint density at radius 1 is 1.20 bits per heavy atom. The summed E-state index contributed by atoms with van der Waals surface area (Å²) in [7, 11) is 0. The molecule has 0 spiro atoms. The predicted octanol–water partition coefficient (Wildman–Crippen LogP) is 3.91. The molecule has 1 N–H and O–H groups in total. The first-order valence-corrected chi connectivity index (χ1v) is 9.05. The number of carbonyl (C=O) groups excluding carboxylic acids is 1. The van der Waals surface area contributed by atoms with Gasteiger partial charge in [-0.15, -0.1) is 0 Å². The first kappa shape index (κ1) is 19.1. The second-order valence-electron chi connectivity index (χ2n) is 6.66. The average molecular weight is 403 g/mol. The number of non-ortho nitro benzene ring substituents is 1. The van der Waals surface area contributed by atoms with Gasteiger partial charge in [0.25, 0.3) is 5.69 Å². The molecule has 9 heteroatoms. The number of aryl methyl sites for hydroxylation is 1. The Hall–Kier alpha value is -4.27. The van der Waals surface area contributed by atoms with E-state index in [9.17, 15) is 14.9 Å². The van der Waals surface area contributed by atoms with Crippen LogP contribution >= 0.6 is 0 Å². The van der Waals surface area contributed by atoms with Crippen molar-refractivity contribution in [1.82, 2.24) is 15.0 Å². The van der Waals surface area contributed by atoms with Crippen molar-refractivity contribution in [2.24, 2.45) is 5.10 Å². The molecule has 150 valence electrons. The van der Waals surface area contributed by atoms with Crippen molar-refractivity contribution in [3.05, 3.63) is 87.7 Å². The maximum Gasteiger partial charge on any atom is 0.307 e. The lowest BCUT2D eigenvalue weighted by molar-refractivity contribution is -0.384. The van der Waals surface area contributed by atoms with Crippen LogP contribution in [0.1, 0.15) is 27.5 Å². The minimum Gasteiger partial charge on any atom is -0.451 e. The van der Waals surface area contributed by atoms with E-state index in [2.05, 4.69) is 20.1 Å². The zero-order chi connectivity index (χ0) is 21.3. The Labute approximate surface area is 170 Å². The third-order valence-corrected chi connectivity index (χ3v) is 4.70. The van der Waals surface area contributed by atoms with Gasteiger partial charge >= 0.3 is 5.91 Å². The summed E-state index contributed by atoms with van der Waals surface area (Å²) in [4.78, 5) is 26.7. The number of nitrogens with one attached hydrogen (secondary N) is 1. The third-order valence-electron chi connectivity index (χ3n) is 4.70. The van der Waals surface area contributed by atoms with E-state index in [4.69, 9.17) is 4.42 Å². The van der Waals surface area contributed by atoms with Crippen molar-refractivity contribution < 1.29 is 14.1 Å². The van der Waals surface area contributed by atoms with Crippen LogP contribution in [0.3, 0.4) is 0 Å². The van der Waals surface area contributed by atoms with Gasteiger partial charge in [-0.1, -0.05) is 0 Å². The Morgan fingerprint density at radius 3 is 2.70 bits per heavy atom. The summed E-state index contributed by atoms with van der Waals surface area (Å²) in [6.07, 6.45) is 5.01. The van der Waals surface area contributed by atoms with Gasteiger partial charge in [0.05, 0.1) is 11.1 Å². The van der Waals surface area contributed by atoms with Crippen molar-refractivity contribution in [1.29, 1.82) is 0 Å². The van der Waals surface area contributed by atoms with Gasteiger partial charge in [-0.25, -0.2) is 5.43 Å². The number of rotatable bonds is 5. The maximum atomic E-state index is 12.3. The van der Waals surface area contributed by atoms with E-state index in [0.717, 1.165) is 22.6 Å². The molecule has 9 nitrogen and oxygen atoms in total. The minimum atomic E-state index is -0.548. The lowest BCUT2D eigenvalue weighted by Crippen LogP contribution is -2.16. The number of nitro benzene ring substituents is 1. The summed E-state index contributed by atoms with van der Waals surface area (Å²) in [5.74, 6) is -0.530. The van der Waals surface area contributed by atoms with E-state index < -0.39 is 10.8 Å². The van der Waals surface area contributed by atoms with Crippen LogP contribution in [-0.4, -0.2) is 26.6 Å². The van der Waals surface area contributed by atoms with Crippen molar-refractivity contribution in [2.45, 2.75) is 13.8 Å². The van der Waals surface area contributed by atoms with Crippen LogP contribution in [0.2, 0.25) is 0 Å². The minimum absolute atomic E-state index is 0.0184. The average Bonchev–Trinajstić information content (AvgIpc) is 3.28. The molecule has 0 unspecified atom stereocenters. The van der Waals surface area contributed by atoms with Crippen LogP contribution in [0.5, 0.6) is 0 Å². The van der Waals surface area contributed by atoms with Gasteiger partial charge in [0.15, 0.2) is 5.76 Å². The molecule has 0 atom stereocenters. The van der Waals surface area contributed by atoms with Crippen molar-refractivity contribution in [3.8, 4) is 5.69 Å². The van der Waals surface area contributed by atoms with E-state index >= 15 is 0 Å². The number of hydrogen-bond donors (Lipinski definition) is 1. The van der Waals surface area contributed by atoms with Gasteiger partial charge in [0, 0.05) is 52.6 Å². The molecule has 0 aliphatic heterocycles. The first-order chi connectivity index (χ1) is 14.4. The summed E-state index contributed by atoms with van der Waals surface area (Å²) >= 11 is 0. The number of hydrazone groups is 1. The van der Waals surface area contributed by atoms with Crippen molar-refractivity contribution in [3.63, 3.8) is 0 Å². The fourth-order valence-corrected chi connectivity index (χ4v) is 3.28. The second kappa shape index (κ2) is 7.63. The smallest absolute Gasteiger partial charge is 0.307 e. The van der Waals surface area contributed by atoms with E-state index in [1.54, 1.807) is 18.6 Å². The number of fused-ring (bicyclic) bond motifs is 1. The molecule has 1 amide bonds. The fourth-order valence-electron chi connectivity index (χ4n) is 3.28.